The van der Waals surface area contributed by atoms with Gasteiger partial charge in [0, 0.05) is 13.0 Å². The molecule has 0 radical (unpaired) electrons. The Morgan fingerprint density at radius 1 is 0.595 bits per heavy atom. The number of imide groups is 1. The monoisotopic (exact) mass is 558 g/mol. The molecule has 1 heterocycles. The molecule has 0 aromatic heterocycles. The Balaban J connectivity index is 1.04. The Labute approximate surface area is 248 Å². The molecule has 0 bridgehead atoms. The highest BCUT2D eigenvalue weighted by Crippen LogP contribution is 2.25. The van der Waals surface area contributed by atoms with Crippen LogP contribution in [0.2, 0.25) is 0 Å². The standard InChI is InChI=1S/C37H38N2O3/c40-35(21-11-3-1-2-4-14-26-39-36(41)32-19-12-13-20-33(32)37(39)42)38-34(27-28-15-7-5-8-16-28)31-24-22-30(23-25-31)29-17-9-6-10-18-29/h5-10,12-13,15-20,22-25,34H,1-4,11,14,21,26-27H2,(H,38,40)/t34-/m0/s1. The summed E-state index contributed by atoms with van der Waals surface area (Å²) in [5.74, 6) is -0.285. The van der Waals surface area contributed by atoms with Gasteiger partial charge in [-0.1, -0.05) is 123 Å². The Morgan fingerprint density at radius 2 is 1.12 bits per heavy atom. The fourth-order valence-corrected chi connectivity index (χ4v) is 5.61. The van der Waals surface area contributed by atoms with Gasteiger partial charge >= 0.3 is 0 Å². The first-order valence-corrected chi connectivity index (χ1v) is 15.0. The van der Waals surface area contributed by atoms with Gasteiger partial charge in [-0.3, -0.25) is 19.3 Å². The van der Waals surface area contributed by atoms with Crippen molar-refractivity contribution in [2.75, 3.05) is 6.54 Å². The molecule has 0 saturated carbocycles. The zero-order chi connectivity index (χ0) is 29.1. The van der Waals surface area contributed by atoms with Crippen molar-refractivity contribution >= 4 is 17.7 Å². The number of nitrogens with zero attached hydrogens (tertiary/aromatic N) is 1. The molecule has 214 valence electrons. The van der Waals surface area contributed by atoms with E-state index >= 15 is 0 Å². The van der Waals surface area contributed by atoms with Crippen molar-refractivity contribution in [3.05, 3.63) is 131 Å². The van der Waals surface area contributed by atoms with E-state index in [1.807, 2.05) is 36.4 Å². The number of fused-ring (bicyclic) bond motifs is 1. The summed E-state index contributed by atoms with van der Waals surface area (Å²) >= 11 is 0. The van der Waals surface area contributed by atoms with E-state index in [0.29, 0.717) is 24.1 Å². The lowest BCUT2D eigenvalue weighted by molar-refractivity contribution is -0.122. The highest BCUT2D eigenvalue weighted by atomic mass is 16.2. The third-order valence-corrected chi connectivity index (χ3v) is 7.95. The van der Waals surface area contributed by atoms with E-state index < -0.39 is 0 Å². The lowest BCUT2D eigenvalue weighted by atomic mass is 9.96. The predicted octanol–water partition coefficient (Wildman–Crippen LogP) is 7.78. The fraction of sp³-hybridized carbons (Fsp3) is 0.270. The number of hydrogen-bond acceptors (Lipinski definition) is 3. The van der Waals surface area contributed by atoms with Crippen molar-refractivity contribution in [1.82, 2.24) is 10.2 Å². The number of rotatable bonds is 14. The van der Waals surface area contributed by atoms with Crippen LogP contribution >= 0.6 is 0 Å². The number of benzene rings is 4. The van der Waals surface area contributed by atoms with Crippen LogP contribution in [0.15, 0.2) is 109 Å². The molecule has 0 spiro atoms. The molecular weight excluding hydrogens is 520 g/mol. The minimum atomic E-state index is -0.181. The zero-order valence-electron chi connectivity index (χ0n) is 24.0. The van der Waals surface area contributed by atoms with E-state index in [0.717, 1.165) is 56.1 Å². The van der Waals surface area contributed by atoms with Crippen LogP contribution in [0, 0.1) is 0 Å². The van der Waals surface area contributed by atoms with Crippen molar-refractivity contribution in [3.63, 3.8) is 0 Å². The first-order valence-electron chi connectivity index (χ1n) is 15.0. The largest absolute Gasteiger partial charge is 0.349 e. The van der Waals surface area contributed by atoms with Crippen LogP contribution < -0.4 is 5.32 Å². The molecule has 0 aliphatic carbocycles. The summed E-state index contributed by atoms with van der Waals surface area (Å²) in [7, 11) is 0. The number of amides is 3. The Kier molecular flexibility index (Phi) is 9.94. The quantitative estimate of drug-likeness (QED) is 0.127. The van der Waals surface area contributed by atoms with Crippen LogP contribution in [0.25, 0.3) is 11.1 Å². The maximum atomic E-state index is 13.0. The molecule has 4 aromatic rings. The molecular formula is C37H38N2O3. The lowest BCUT2D eigenvalue weighted by Gasteiger charge is -2.20. The van der Waals surface area contributed by atoms with Gasteiger partial charge in [-0.05, 0) is 53.6 Å². The Bertz CT molecular complexity index is 1450. The summed E-state index contributed by atoms with van der Waals surface area (Å²) in [6.45, 7) is 0.462. The molecule has 5 nitrogen and oxygen atoms in total. The maximum absolute atomic E-state index is 13.0. The van der Waals surface area contributed by atoms with Gasteiger partial charge in [0.2, 0.25) is 5.91 Å². The van der Waals surface area contributed by atoms with Crippen molar-refractivity contribution < 1.29 is 14.4 Å². The first kappa shape index (κ1) is 29.0. The predicted molar refractivity (Wildman–Crippen MR) is 167 cm³/mol. The molecule has 3 amide bonds. The van der Waals surface area contributed by atoms with E-state index in [-0.39, 0.29) is 23.8 Å². The average Bonchev–Trinajstić information content (AvgIpc) is 3.28. The van der Waals surface area contributed by atoms with Crippen molar-refractivity contribution in [1.29, 1.82) is 0 Å². The first-order chi connectivity index (χ1) is 20.6. The number of carbonyl (C=O) groups is 3. The van der Waals surface area contributed by atoms with Crippen LogP contribution in [-0.2, 0) is 11.2 Å². The normalized spacial score (nSPS) is 13.2. The topological polar surface area (TPSA) is 66.5 Å². The molecule has 1 aliphatic heterocycles. The van der Waals surface area contributed by atoms with E-state index in [1.165, 1.54) is 16.0 Å². The minimum absolute atomic E-state index is 0.0775. The number of carbonyl (C=O) groups excluding carboxylic acids is 3. The smallest absolute Gasteiger partial charge is 0.261 e. The van der Waals surface area contributed by atoms with Gasteiger partial charge in [0.25, 0.3) is 11.8 Å². The highest BCUT2D eigenvalue weighted by molar-refractivity contribution is 6.21. The average molecular weight is 559 g/mol. The third kappa shape index (κ3) is 7.41. The Morgan fingerprint density at radius 3 is 1.76 bits per heavy atom. The zero-order valence-corrected chi connectivity index (χ0v) is 24.0. The fourth-order valence-electron chi connectivity index (χ4n) is 5.61. The molecule has 5 rings (SSSR count). The highest BCUT2D eigenvalue weighted by Gasteiger charge is 2.34. The molecule has 0 saturated heterocycles. The summed E-state index contributed by atoms with van der Waals surface area (Å²) in [6, 6.07) is 36.0. The second-order valence-electron chi connectivity index (χ2n) is 11.0. The van der Waals surface area contributed by atoms with Crippen LogP contribution in [0.4, 0.5) is 0 Å². The number of unbranched alkanes of at least 4 members (excludes halogenated alkanes) is 5. The second kappa shape index (κ2) is 14.4. The molecule has 0 unspecified atom stereocenters. The van der Waals surface area contributed by atoms with Crippen molar-refractivity contribution in [2.24, 2.45) is 0 Å². The van der Waals surface area contributed by atoms with E-state index in [1.54, 1.807) is 24.3 Å². The lowest BCUT2D eigenvalue weighted by Crippen LogP contribution is -2.30. The van der Waals surface area contributed by atoms with E-state index in [9.17, 15) is 14.4 Å². The number of nitrogens with one attached hydrogen (secondary N) is 1. The summed E-state index contributed by atoms with van der Waals surface area (Å²) in [5.41, 5.74) is 5.65. The second-order valence-corrected chi connectivity index (χ2v) is 11.0. The van der Waals surface area contributed by atoms with Gasteiger partial charge in [0.1, 0.15) is 0 Å². The molecule has 0 fully saturated rings. The molecule has 4 aromatic carbocycles. The van der Waals surface area contributed by atoms with Crippen molar-refractivity contribution in [3.8, 4) is 11.1 Å². The van der Waals surface area contributed by atoms with Crippen LogP contribution in [0.3, 0.4) is 0 Å². The van der Waals surface area contributed by atoms with Crippen molar-refractivity contribution in [2.45, 2.75) is 57.4 Å². The SMILES string of the molecule is O=C(CCCCCCCCN1C(=O)c2ccccc2C1=O)N[C@@H](Cc1ccccc1)c1ccc(-c2ccccc2)cc1. The summed E-state index contributed by atoms with van der Waals surface area (Å²) in [5, 5.41) is 3.29. The molecule has 42 heavy (non-hydrogen) atoms. The van der Waals surface area contributed by atoms with Gasteiger partial charge in [-0.15, -0.1) is 0 Å². The van der Waals surface area contributed by atoms with Crippen LogP contribution in [0.5, 0.6) is 0 Å². The molecule has 1 atom stereocenters. The minimum Gasteiger partial charge on any atom is -0.349 e. The number of hydrogen-bond donors (Lipinski definition) is 1. The summed E-state index contributed by atoms with van der Waals surface area (Å²) < 4.78 is 0. The van der Waals surface area contributed by atoms with Crippen LogP contribution in [0.1, 0.15) is 82.8 Å². The van der Waals surface area contributed by atoms with Gasteiger partial charge in [-0.25, -0.2) is 0 Å². The molecule has 5 heteroatoms. The van der Waals surface area contributed by atoms with Crippen LogP contribution in [-0.4, -0.2) is 29.2 Å². The summed E-state index contributed by atoms with van der Waals surface area (Å²) in [4.78, 5) is 39.3. The summed E-state index contributed by atoms with van der Waals surface area (Å²) in [6.07, 6.45) is 6.88. The van der Waals surface area contributed by atoms with Gasteiger partial charge < -0.3 is 5.32 Å². The molecule has 1 aliphatic rings. The van der Waals surface area contributed by atoms with E-state index in [2.05, 4.69) is 53.8 Å². The maximum Gasteiger partial charge on any atom is 0.261 e. The van der Waals surface area contributed by atoms with Gasteiger partial charge in [-0.2, -0.15) is 0 Å². The third-order valence-electron chi connectivity index (χ3n) is 7.95. The van der Waals surface area contributed by atoms with E-state index in [4.69, 9.17) is 0 Å². The molecule has 1 N–H and O–H groups in total. The Hall–Kier alpha value is -4.51. The van der Waals surface area contributed by atoms with Gasteiger partial charge in [0.05, 0.1) is 17.2 Å². The van der Waals surface area contributed by atoms with Gasteiger partial charge in [0.15, 0.2) is 0 Å².